The first kappa shape index (κ1) is 13.1. The smallest absolute Gasteiger partial charge is 0.768 e. The molecule has 1 atom stereocenters. The third kappa shape index (κ3) is 3.39. The van der Waals surface area contributed by atoms with E-state index in [1.807, 2.05) is 6.07 Å². The molecule has 6 heteroatoms. The van der Waals surface area contributed by atoms with Crippen LogP contribution in [0, 0.1) is 11.3 Å². The SMILES string of the molecule is N#Cc1ccc(S(=O)[O-])cc1Cl.[Na+]. The van der Waals surface area contributed by atoms with Crippen LogP contribution in [-0.4, -0.2) is 8.76 Å². The van der Waals surface area contributed by atoms with Crippen molar-refractivity contribution in [3.05, 3.63) is 28.8 Å². The molecule has 0 heterocycles. The van der Waals surface area contributed by atoms with Gasteiger partial charge in [-0.05, 0) is 29.3 Å². The van der Waals surface area contributed by atoms with Gasteiger partial charge in [0, 0.05) is 4.90 Å². The Bertz CT molecular complexity index is 377. The van der Waals surface area contributed by atoms with Crippen molar-refractivity contribution in [1.29, 1.82) is 5.26 Å². The Morgan fingerprint density at radius 3 is 2.54 bits per heavy atom. The van der Waals surface area contributed by atoms with E-state index in [1.165, 1.54) is 18.2 Å². The van der Waals surface area contributed by atoms with Crippen LogP contribution in [0.25, 0.3) is 0 Å². The molecule has 0 bridgehead atoms. The second-order valence-electron chi connectivity index (χ2n) is 1.99. The molecule has 0 fully saturated rings. The van der Waals surface area contributed by atoms with Crippen molar-refractivity contribution < 1.29 is 38.3 Å². The van der Waals surface area contributed by atoms with Crippen LogP contribution in [-0.2, 0) is 11.1 Å². The second kappa shape index (κ2) is 5.76. The van der Waals surface area contributed by atoms with Crippen LogP contribution in [0.4, 0.5) is 0 Å². The minimum atomic E-state index is -2.29. The van der Waals surface area contributed by atoms with Crippen molar-refractivity contribution >= 4 is 22.7 Å². The maximum atomic E-state index is 10.4. The third-order valence-electron chi connectivity index (χ3n) is 1.25. The summed E-state index contributed by atoms with van der Waals surface area (Å²) in [4.78, 5) is 0.0824. The van der Waals surface area contributed by atoms with Crippen LogP contribution in [0.1, 0.15) is 5.56 Å². The molecule has 1 aromatic carbocycles. The molecule has 0 radical (unpaired) electrons. The zero-order chi connectivity index (χ0) is 9.14. The summed E-state index contributed by atoms with van der Waals surface area (Å²) in [7, 11) is 0. The summed E-state index contributed by atoms with van der Waals surface area (Å²) in [5, 5.41) is 8.61. The maximum Gasteiger partial charge on any atom is 1.00 e. The summed E-state index contributed by atoms with van der Waals surface area (Å²) >= 11 is 3.28. The van der Waals surface area contributed by atoms with Crippen LogP contribution in [0.2, 0.25) is 5.02 Å². The number of rotatable bonds is 1. The molecule has 1 rings (SSSR count). The normalized spacial score (nSPS) is 11.2. The molecule has 0 spiro atoms. The van der Waals surface area contributed by atoms with Crippen molar-refractivity contribution in [2.75, 3.05) is 0 Å². The monoisotopic (exact) mass is 223 g/mol. The maximum absolute atomic E-state index is 10.4. The van der Waals surface area contributed by atoms with Gasteiger partial charge in [-0.25, -0.2) is 0 Å². The fourth-order valence-corrected chi connectivity index (χ4v) is 1.37. The van der Waals surface area contributed by atoms with Crippen molar-refractivity contribution in [3.63, 3.8) is 0 Å². The van der Waals surface area contributed by atoms with Gasteiger partial charge in [0.25, 0.3) is 0 Å². The van der Waals surface area contributed by atoms with Gasteiger partial charge in [-0.3, -0.25) is 4.21 Å². The number of hydrogen-bond acceptors (Lipinski definition) is 3. The molecule has 1 aromatic rings. The number of nitrogens with zero attached hydrogens (tertiary/aromatic N) is 1. The fraction of sp³-hybridized carbons (Fsp3) is 0. The van der Waals surface area contributed by atoms with E-state index in [4.69, 9.17) is 16.9 Å². The van der Waals surface area contributed by atoms with Crippen molar-refractivity contribution in [2.45, 2.75) is 4.90 Å². The first-order valence-electron chi connectivity index (χ1n) is 2.94. The average molecular weight is 224 g/mol. The first-order chi connectivity index (χ1) is 5.65. The van der Waals surface area contributed by atoms with Gasteiger partial charge in [-0.1, -0.05) is 11.6 Å². The summed E-state index contributed by atoms with van der Waals surface area (Å²) in [6.07, 6.45) is 0. The predicted molar refractivity (Wildman–Crippen MR) is 43.4 cm³/mol. The van der Waals surface area contributed by atoms with Crippen LogP contribution in [0.5, 0.6) is 0 Å². The van der Waals surface area contributed by atoms with E-state index in [0.717, 1.165) is 0 Å². The van der Waals surface area contributed by atoms with Gasteiger partial charge in [-0.2, -0.15) is 5.26 Å². The summed E-state index contributed by atoms with van der Waals surface area (Å²) < 4.78 is 20.8. The van der Waals surface area contributed by atoms with E-state index >= 15 is 0 Å². The van der Waals surface area contributed by atoms with Crippen LogP contribution < -0.4 is 29.6 Å². The molecule has 1 unspecified atom stereocenters. The quantitative estimate of drug-likeness (QED) is 0.428. The molecule has 13 heavy (non-hydrogen) atoms. The summed E-state index contributed by atoms with van der Waals surface area (Å²) in [6, 6.07) is 5.76. The summed E-state index contributed by atoms with van der Waals surface area (Å²) in [5.74, 6) is 0. The largest absolute Gasteiger partial charge is 1.00 e. The minimum absolute atomic E-state index is 0. The molecular weight excluding hydrogens is 221 g/mol. The Morgan fingerprint density at radius 1 is 1.54 bits per heavy atom. The molecule has 0 aliphatic heterocycles. The average Bonchev–Trinajstić information content (AvgIpc) is 2.04. The summed E-state index contributed by atoms with van der Waals surface area (Å²) in [5.41, 5.74) is 0.269. The molecule has 3 nitrogen and oxygen atoms in total. The van der Waals surface area contributed by atoms with E-state index < -0.39 is 11.1 Å². The Balaban J connectivity index is 0.00000144. The number of hydrogen-bond donors (Lipinski definition) is 0. The Hall–Kier alpha value is 0.110. The van der Waals surface area contributed by atoms with E-state index in [2.05, 4.69) is 0 Å². The van der Waals surface area contributed by atoms with E-state index in [1.54, 1.807) is 0 Å². The van der Waals surface area contributed by atoms with Crippen molar-refractivity contribution in [1.82, 2.24) is 0 Å². The minimum Gasteiger partial charge on any atom is -0.768 e. The van der Waals surface area contributed by atoms with Gasteiger partial charge in [0.2, 0.25) is 0 Å². The van der Waals surface area contributed by atoms with Crippen molar-refractivity contribution in [3.8, 4) is 6.07 Å². The number of benzene rings is 1. The van der Waals surface area contributed by atoms with Crippen molar-refractivity contribution in [2.24, 2.45) is 0 Å². The molecule has 0 saturated carbocycles. The first-order valence-corrected chi connectivity index (χ1v) is 4.39. The predicted octanol–water partition coefficient (Wildman–Crippen LogP) is -1.55. The molecule has 0 amide bonds. The molecule has 0 aromatic heterocycles. The van der Waals surface area contributed by atoms with Crippen LogP contribution in [0.15, 0.2) is 23.1 Å². The Kier molecular flexibility index (Phi) is 5.81. The van der Waals surface area contributed by atoms with Gasteiger partial charge in [-0.15, -0.1) is 0 Å². The topological polar surface area (TPSA) is 63.9 Å². The van der Waals surface area contributed by atoms with E-state index in [9.17, 15) is 8.76 Å². The summed E-state index contributed by atoms with van der Waals surface area (Å²) in [6.45, 7) is 0. The van der Waals surface area contributed by atoms with Gasteiger partial charge in [0.15, 0.2) is 0 Å². The van der Waals surface area contributed by atoms with Gasteiger partial charge in [0.05, 0.1) is 10.6 Å². The second-order valence-corrected chi connectivity index (χ2v) is 3.34. The number of nitriles is 1. The molecular formula is C7H3ClNNaO2S. The van der Waals surface area contributed by atoms with Crippen LogP contribution >= 0.6 is 11.6 Å². The van der Waals surface area contributed by atoms with Gasteiger partial charge in [0.1, 0.15) is 6.07 Å². The third-order valence-corrected chi connectivity index (χ3v) is 2.20. The molecule has 62 valence electrons. The molecule has 0 aliphatic rings. The van der Waals surface area contributed by atoms with Gasteiger partial charge >= 0.3 is 29.6 Å². The standard InChI is InChI=1S/C7H4ClNO2S.Na/c8-7-3-6(12(10)11)2-1-5(7)4-9;/h1-3H,(H,10,11);/q;+1/p-1. The molecule has 0 N–H and O–H groups in total. The Labute approximate surface area is 105 Å². The van der Waals surface area contributed by atoms with E-state index in [-0.39, 0.29) is 45.0 Å². The zero-order valence-corrected chi connectivity index (χ0v) is 10.4. The molecule has 0 saturated heterocycles. The van der Waals surface area contributed by atoms with E-state index in [0.29, 0.717) is 0 Å². The molecule has 0 aliphatic carbocycles. The Morgan fingerprint density at radius 2 is 2.15 bits per heavy atom. The van der Waals surface area contributed by atoms with Crippen LogP contribution in [0.3, 0.4) is 0 Å². The number of halogens is 1. The fourth-order valence-electron chi connectivity index (χ4n) is 0.690. The zero-order valence-electron chi connectivity index (χ0n) is 6.78. The van der Waals surface area contributed by atoms with Gasteiger partial charge < -0.3 is 4.55 Å².